The van der Waals surface area contributed by atoms with Crippen LogP contribution in [-0.4, -0.2) is 67.2 Å². The number of aliphatic imine (C=N–C) groups is 1. The molecule has 0 spiro atoms. The van der Waals surface area contributed by atoms with Crippen LogP contribution >= 0.6 is 0 Å². The summed E-state index contributed by atoms with van der Waals surface area (Å²) >= 11 is 0. The SMILES string of the molecule is COc1cccc(NC(N)=NCCN2CCN(c3ncccn3)CC2)c1. The third kappa shape index (κ3) is 5.06. The Bertz CT molecular complexity index is 714. The minimum absolute atomic E-state index is 0.412. The van der Waals surface area contributed by atoms with E-state index in [1.165, 1.54) is 0 Å². The molecule has 1 aromatic carbocycles. The van der Waals surface area contributed by atoms with Gasteiger partial charge in [-0.2, -0.15) is 0 Å². The quantitative estimate of drug-likeness (QED) is 0.591. The minimum atomic E-state index is 0.412. The zero-order chi connectivity index (χ0) is 18.2. The molecular formula is C18H25N7O. The standard InChI is InChI=1S/C18H25N7O/c1-26-16-5-2-4-15(14-16)23-17(19)20-8-9-24-10-12-25(13-11-24)18-21-6-3-7-22-18/h2-7,14H,8-13H2,1H3,(H3,19,20,23). The van der Waals surface area contributed by atoms with Crippen molar-refractivity contribution >= 4 is 17.6 Å². The first-order chi connectivity index (χ1) is 12.7. The highest BCUT2D eigenvalue weighted by Crippen LogP contribution is 2.16. The largest absolute Gasteiger partial charge is 0.497 e. The second kappa shape index (κ2) is 9.00. The zero-order valence-electron chi connectivity index (χ0n) is 15.0. The van der Waals surface area contributed by atoms with Gasteiger partial charge in [-0.25, -0.2) is 9.97 Å². The Balaban J connectivity index is 1.41. The molecule has 1 aliphatic heterocycles. The number of guanidine groups is 1. The number of hydrogen-bond donors (Lipinski definition) is 2. The number of nitrogens with two attached hydrogens (primary N) is 1. The van der Waals surface area contributed by atoms with E-state index in [1.54, 1.807) is 19.5 Å². The lowest BCUT2D eigenvalue weighted by atomic mass is 10.3. The van der Waals surface area contributed by atoms with Gasteiger partial charge in [0.2, 0.25) is 5.95 Å². The Hall–Kier alpha value is -2.87. The molecule has 0 atom stereocenters. The second-order valence-corrected chi connectivity index (χ2v) is 6.00. The second-order valence-electron chi connectivity index (χ2n) is 6.00. The van der Waals surface area contributed by atoms with Gasteiger partial charge in [0.25, 0.3) is 0 Å². The first-order valence-electron chi connectivity index (χ1n) is 8.70. The van der Waals surface area contributed by atoms with Gasteiger partial charge >= 0.3 is 0 Å². The zero-order valence-corrected chi connectivity index (χ0v) is 15.0. The number of benzene rings is 1. The van der Waals surface area contributed by atoms with Crippen LogP contribution in [0.1, 0.15) is 0 Å². The Labute approximate surface area is 153 Å². The first-order valence-corrected chi connectivity index (χ1v) is 8.70. The van der Waals surface area contributed by atoms with Gasteiger partial charge in [-0.05, 0) is 18.2 Å². The fraction of sp³-hybridized carbons (Fsp3) is 0.389. The number of anilines is 2. The van der Waals surface area contributed by atoms with Crippen molar-refractivity contribution in [3.05, 3.63) is 42.7 Å². The Morgan fingerprint density at radius 1 is 1.19 bits per heavy atom. The van der Waals surface area contributed by atoms with Crippen LogP contribution in [0.3, 0.4) is 0 Å². The number of ether oxygens (including phenoxy) is 1. The molecule has 138 valence electrons. The predicted octanol–water partition coefficient (Wildman–Crippen LogP) is 1.03. The maximum absolute atomic E-state index is 5.97. The average molecular weight is 355 g/mol. The average Bonchev–Trinajstić information content (AvgIpc) is 2.69. The monoisotopic (exact) mass is 355 g/mol. The normalized spacial score (nSPS) is 15.7. The van der Waals surface area contributed by atoms with E-state index in [0.29, 0.717) is 12.5 Å². The molecule has 8 heteroatoms. The summed E-state index contributed by atoms with van der Waals surface area (Å²) in [6.45, 7) is 5.32. The van der Waals surface area contributed by atoms with Crippen LogP contribution in [0.25, 0.3) is 0 Å². The van der Waals surface area contributed by atoms with E-state index in [0.717, 1.165) is 50.1 Å². The smallest absolute Gasteiger partial charge is 0.225 e. The number of hydrogen-bond acceptors (Lipinski definition) is 6. The topological polar surface area (TPSA) is 91.9 Å². The number of methoxy groups -OCH3 is 1. The number of nitrogens with zero attached hydrogens (tertiary/aromatic N) is 5. The highest BCUT2D eigenvalue weighted by atomic mass is 16.5. The maximum atomic E-state index is 5.97. The van der Waals surface area contributed by atoms with E-state index < -0.39 is 0 Å². The summed E-state index contributed by atoms with van der Waals surface area (Å²) < 4.78 is 5.20. The first kappa shape index (κ1) is 17.9. The van der Waals surface area contributed by atoms with Gasteiger partial charge in [0, 0.05) is 56.9 Å². The highest BCUT2D eigenvalue weighted by Gasteiger charge is 2.18. The third-order valence-corrected chi connectivity index (χ3v) is 4.25. The molecule has 0 aliphatic carbocycles. The lowest BCUT2D eigenvalue weighted by Crippen LogP contribution is -2.47. The van der Waals surface area contributed by atoms with E-state index in [9.17, 15) is 0 Å². The Morgan fingerprint density at radius 3 is 2.69 bits per heavy atom. The predicted molar refractivity (Wildman–Crippen MR) is 104 cm³/mol. The van der Waals surface area contributed by atoms with Crippen molar-refractivity contribution in [2.45, 2.75) is 0 Å². The van der Waals surface area contributed by atoms with Crippen LogP contribution in [0.15, 0.2) is 47.7 Å². The van der Waals surface area contributed by atoms with Crippen LogP contribution in [-0.2, 0) is 0 Å². The molecule has 3 N–H and O–H groups in total. The van der Waals surface area contributed by atoms with Crippen molar-refractivity contribution in [3.63, 3.8) is 0 Å². The van der Waals surface area contributed by atoms with Crippen LogP contribution in [0, 0.1) is 0 Å². The summed E-state index contributed by atoms with van der Waals surface area (Å²) in [4.78, 5) is 17.6. The summed E-state index contributed by atoms with van der Waals surface area (Å²) in [7, 11) is 1.64. The number of piperazine rings is 1. The van der Waals surface area contributed by atoms with Crippen molar-refractivity contribution in [3.8, 4) is 5.75 Å². The van der Waals surface area contributed by atoms with Gasteiger partial charge in [-0.15, -0.1) is 0 Å². The molecule has 0 unspecified atom stereocenters. The van der Waals surface area contributed by atoms with Crippen LogP contribution in [0.2, 0.25) is 0 Å². The molecule has 3 rings (SSSR count). The van der Waals surface area contributed by atoms with Crippen LogP contribution in [0.4, 0.5) is 11.6 Å². The summed E-state index contributed by atoms with van der Waals surface area (Å²) in [6, 6.07) is 9.44. The molecule has 1 fully saturated rings. The van der Waals surface area contributed by atoms with E-state index in [4.69, 9.17) is 10.5 Å². The summed E-state index contributed by atoms with van der Waals surface area (Å²) in [5.41, 5.74) is 6.83. The van der Waals surface area contributed by atoms with Crippen LogP contribution in [0.5, 0.6) is 5.75 Å². The molecule has 2 heterocycles. The van der Waals surface area contributed by atoms with Crippen molar-refractivity contribution < 1.29 is 4.74 Å². The Kier molecular flexibility index (Phi) is 6.21. The molecular weight excluding hydrogens is 330 g/mol. The van der Waals surface area contributed by atoms with Gasteiger partial charge in [-0.1, -0.05) is 6.07 Å². The maximum Gasteiger partial charge on any atom is 0.225 e. The lowest BCUT2D eigenvalue weighted by Gasteiger charge is -2.34. The van der Waals surface area contributed by atoms with Crippen molar-refractivity contribution in [1.29, 1.82) is 0 Å². The van der Waals surface area contributed by atoms with Gasteiger partial charge in [0.15, 0.2) is 5.96 Å². The summed E-state index contributed by atoms with van der Waals surface area (Å²) in [6.07, 6.45) is 3.56. The Morgan fingerprint density at radius 2 is 1.96 bits per heavy atom. The molecule has 0 bridgehead atoms. The summed E-state index contributed by atoms with van der Waals surface area (Å²) in [5, 5.41) is 3.09. The van der Waals surface area contributed by atoms with Gasteiger partial charge in [0.05, 0.1) is 13.7 Å². The molecule has 1 aromatic heterocycles. The van der Waals surface area contributed by atoms with Crippen molar-refractivity contribution in [1.82, 2.24) is 14.9 Å². The molecule has 8 nitrogen and oxygen atoms in total. The molecule has 0 saturated carbocycles. The number of rotatable bonds is 6. The van der Waals surface area contributed by atoms with Crippen molar-refractivity contribution in [2.24, 2.45) is 10.7 Å². The summed E-state index contributed by atoms with van der Waals surface area (Å²) in [5.74, 6) is 1.99. The van der Waals surface area contributed by atoms with E-state index in [2.05, 4.69) is 30.1 Å². The number of nitrogens with one attached hydrogen (secondary N) is 1. The molecule has 1 aliphatic rings. The molecule has 1 saturated heterocycles. The minimum Gasteiger partial charge on any atom is -0.497 e. The van der Waals surface area contributed by atoms with Gasteiger partial charge in [0.1, 0.15) is 5.75 Å². The molecule has 0 radical (unpaired) electrons. The van der Waals surface area contributed by atoms with Crippen molar-refractivity contribution in [2.75, 3.05) is 56.6 Å². The fourth-order valence-corrected chi connectivity index (χ4v) is 2.83. The number of aromatic nitrogens is 2. The van der Waals surface area contributed by atoms with Gasteiger partial charge < -0.3 is 20.7 Å². The van der Waals surface area contributed by atoms with E-state index in [1.807, 2.05) is 30.3 Å². The third-order valence-electron chi connectivity index (χ3n) is 4.25. The molecule has 26 heavy (non-hydrogen) atoms. The molecule has 0 amide bonds. The lowest BCUT2D eigenvalue weighted by molar-refractivity contribution is 0.264. The fourth-order valence-electron chi connectivity index (χ4n) is 2.83. The highest BCUT2D eigenvalue weighted by molar-refractivity contribution is 5.92. The van der Waals surface area contributed by atoms with E-state index >= 15 is 0 Å². The van der Waals surface area contributed by atoms with Crippen LogP contribution < -0.4 is 20.7 Å². The van der Waals surface area contributed by atoms with E-state index in [-0.39, 0.29) is 0 Å². The van der Waals surface area contributed by atoms with Gasteiger partial charge in [-0.3, -0.25) is 9.89 Å². The molecule has 2 aromatic rings.